The molecular formula is C19H15Cl2F4N3O3. The van der Waals surface area contributed by atoms with Crippen LogP contribution in [0.2, 0.25) is 10.0 Å². The third kappa shape index (κ3) is 4.54. The molecule has 3 rings (SSSR count). The normalized spacial score (nSPS) is 14.2. The molecule has 0 saturated heterocycles. The van der Waals surface area contributed by atoms with Crippen LogP contribution >= 0.6 is 23.2 Å². The topological polar surface area (TPSA) is 80.2 Å². The SMILES string of the molecule is C[C@H](NC(=O)C(=O)c1c(Cl)c(C(=O)Nc2ccc(F)c(Cl)c2)c2n1CCC2)C(F)(F)F. The van der Waals surface area contributed by atoms with Gasteiger partial charge in [0.2, 0.25) is 0 Å². The van der Waals surface area contributed by atoms with Crippen molar-refractivity contribution < 1.29 is 31.9 Å². The van der Waals surface area contributed by atoms with Crippen molar-refractivity contribution in [1.82, 2.24) is 9.88 Å². The van der Waals surface area contributed by atoms with E-state index in [1.165, 1.54) is 16.7 Å². The molecule has 0 fully saturated rings. The lowest BCUT2D eigenvalue weighted by Gasteiger charge is -2.16. The molecule has 0 bridgehead atoms. The average molecular weight is 480 g/mol. The fourth-order valence-corrected chi connectivity index (χ4v) is 3.78. The van der Waals surface area contributed by atoms with Gasteiger partial charge >= 0.3 is 6.18 Å². The summed E-state index contributed by atoms with van der Waals surface area (Å²) in [4.78, 5) is 37.5. The zero-order valence-electron chi connectivity index (χ0n) is 15.9. The molecular weight excluding hydrogens is 465 g/mol. The zero-order chi connectivity index (χ0) is 23.1. The maximum atomic E-state index is 13.3. The number of aromatic nitrogens is 1. The summed E-state index contributed by atoms with van der Waals surface area (Å²) < 4.78 is 52.8. The molecule has 2 heterocycles. The molecule has 0 radical (unpaired) electrons. The first kappa shape index (κ1) is 23.1. The predicted octanol–water partition coefficient (Wildman–Crippen LogP) is 4.38. The van der Waals surface area contributed by atoms with Gasteiger partial charge in [0, 0.05) is 17.9 Å². The number of amides is 2. The van der Waals surface area contributed by atoms with Gasteiger partial charge < -0.3 is 15.2 Å². The highest BCUT2D eigenvalue weighted by atomic mass is 35.5. The molecule has 0 spiro atoms. The van der Waals surface area contributed by atoms with Gasteiger partial charge in [0.1, 0.15) is 17.6 Å². The van der Waals surface area contributed by atoms with Crippen molar-refractivity contribution in [3.05, 3.63) is 51.0 Å². The molecule has 0 saturated carbocycles. The highest BCUT2D eigenvalue weighted by Gasteiger charge is 2.40. The van der Waals surface area contributed by atoms with Gasteiger partial charge in [0.25, 0.3) is 17.6 Å². The molecule has 1 aromatic carbocycles. The van der Waals surface area contributed by atoms with Crippen LogP contribution in [-0.2, 0) is 17.8 Å². The molecule has 31 heavy (non-hydrogen) atoms. The molecule has 2 N–H and O–H groups in total. The van der Waals surface area contributed by atoms with Crippen LogP contribution in [0.5, 0.6) is 0 Å². The number of fused-ring (bicyclic) bond motifs is 1. The average Bonchev–Trinajstić information content (AvgIpc) is 3.22. The Bertz CT molecular complexity index is 1080. The van der Waals surface area contributed by atoms with Crippen molar-refractivity contribution in [1.29, 1.82) is 0 Å². The number of halogens is 6. The first-order valence-electron chi connectivity index (χ1n) is 9.01. The van der Waals surface area contributed by atoms with Gasteiger partial charge in [-0.1, -0.05) is 23.2 Å². The fraction of sp³-hybridized carbons (Fsp3) is 0.316. The quantitative estimate of drug-likeness (QED) is 0.379. The van der Waals surface area contributed by atoms with E-state index in [2.05, 4.69) is 5.32 Å². The van der Waals surface area contributed by atoms with Gasteiger partial charge in [0.15, 0.2) is 0 Å². The Hall–Kier alpha value is -2.59. The highest BCUT2D eigenvalue weighted by molar-refractivity contribution is 6.48. The van der Waals surface area contributed by atoms with Crippen molar-refractivity contribution in [2.24, 2.45) is 0 Å². The number of nitrogens with zero attached hydrogens (tertiary/aromatic N) is 1. The number of benzene rings is 1. The number of hydrogen-bond donors (Lipinski definition) is 2. The van der Waals surface area contributed by atoms with E-state index in [0.29, 0.717) is 25.5 Å². The van der Waals surface area contributed by atoms with Crippen molar-refractivity contribution >= 4 is 46.5 Å². The summed E-state index contributed by atoms with van der Waals surface area (Å²) in [7, 11) is 0. The Morgan fingerprint density at radius 1 is 1.19 bits per heavy atom. The molecule has 1 aromatic heterocycles. The van der Waals surface area contributed by atoms with Crippen LogP contribution in [0.15, 0.2) is 18.2 Å². The number of Topliss-reactive ketones (excluding diaryl/α,β-unsaturated/α-hetero) is 1. The van der Waals surface area contributed by atoms with E-state index in [9.17, 15) is 31.9 Å². The Morgan fingerprint density at radius 2 is 1.87 bits per heavy atom. The number of nitrogens with one attached hydrogen (secondary N) is 2. The summed E-state index contributed by atoms with van der Waals surface area (Å²) in [6, 6.07) is 1.24. The van der Waals surface area contributed by atoms with Crippen LogP contribution < -0.4 is 10.6 Å². The molecule has 0 unspecified atom stereocenters. The number of hydrogen-bond acceptors (Lipinski definition) is 3. The monoisotopic (exact) mass is 479 g/mol. The van der Waals surface area contributed by atoms with Crippen LogP contribution in [-0.4, -0.2) is 34.4 Å². The standard InChI is InChI=1S/C19H15Cl2F4N3O3/c1-8(19(23,24)25)26-18(31)16(29)15-14(21)13(12-3-2-6-28(12)15)17(30)27-9-4-5-11(22)10(20)7-9/h4-5,7-8H,2-3,6H2,1H3,(H,26,31)(H,27,30)/t8-/m0/s1. The number of rotatable bonds is 5. The van der Waals surface area contributed by atoms with Crippen LogP contribution in [0, 0.1) is 5.82 Å². The van der Waals surface area contributed by atoms with Gasteiger partial charge in [-0.25, -0.2) is 4.39 Å². The molecule has 6 nitrogen and oxygen atoms in total. The van der Waals surface area contributed by atoms with Crippen LogP contribution in [0.25, 0.3) is 0 Å². The molecule has 12 heteroatoms. The second kappa shape index (κ2) is 8.51. The summed E-state index contributed by atoms with van der Waals surface area (Å²) in [5.74, 6) is -4.19. The molecule has 2 amide bonds. The van der Waals surface area contributed by atoms with Crippen molar-refractivity contribution in [3.63, 3.8) is 0 Å². The lowest BCUT2D eigenvalue weighted by atomic mass is 10.1. The minimum Gasteiger partial charge on any atom is -0.340 e. The molecule has 0 aliphatic carbocycles. The summed E-state index contributed by atoms with van der Waals surface area (Å²) in [6.45, 7) is 0.954. The van der Waals surface area contributed by atoms with E-state index in [0.717, 1.165) is 6.07 Å². The lowest BCUT2D eigenvalue weighted by molar-refractivity contribution is -0.156. The van der Waals surface area contributed by atoms with Crippen molar-refractivity contribution in [3.8, 4) is 0 Å². The third-order valence-electron chi connectivity index (χ3n) is 4.77. The second-order valence-electron chi connectivity index (χ2n) is 6.89. The van der Waals surface area contributed by atoms with E-state index in [4.69, 9.17) is 23.2 Å². The second-order valence-corrected chi connectivity index (χ2v) is 7.67. The van der Waals surface area contributed by atoms with Gasteiger partial charge in [-0.05, 0) is 38.0 Å². The Kier molecular flexibility index (Phi) is 6.33. The molecule has 1 aliphatic rings. The molecule has 1 atom stereocenters. The van der Waals surface area contributed by atoms with Gasteiger partial charge in [0.05, 0.1) is 15.6 Å². The van der Waals surface area contributed by atoms with E-state index < -0.39 is 35.6 Å². The summed E-state index contributed by atoms with van der Waals surface area (Å²) in [5.41, 5.74) is 0.0914. The maximum absolute atomic E-state index is 13.3. The van der Waals surface area contributed by atoms with E-state index in [1.807, 2.05) is 0 Å². The molecule has 1 aliphatic heterocycles. The minimum absolute atomic E-state index is 0.0837. The first-order chi connectivity index (χ1) is 14.4. The Balaban J connectivity index is 1.91. The number of carbonyl (C=O) groups excluding carboxylic acids is 3. The minimum atomic E-state index is -4.73. The Morgan fingerprint density at radius 3 is 2.48 bits per heavy atom. The van der Waals surface area contributed by atoms with Crippen molar-refractivity contribution in [2.45, 2.75) is 38.5 Å². The number of carbonyl (C=O) groups is 3. The predicted molar refractivity (Wildman–Crippen MR) is 105 cm³/mol. The zero-order valence-corrected chi connectivity index (χ0v) is 17.4. The number of anilines is 1. The first-order valence-corrected chi connectivity index (χ1v) is 9.76. The van der Waals surface area contributed by atoms with E-state index >= 15 is 0 Å². The van der Waals surface area contributed by atoms with Gasteiger partial charge in [-0.2, -0.15) is 13.2 Å². The van der Waals surface area contributed by atoms with Crippen LogP contribution in [0.4, 0.5) is 23.2 Å². The van der Waals surface area contributed by atoms with Gasteiger partial charge in [-0.3, -0.25) is 14.4 Å². The van der Waals surface area contributed by atoms with Gasteiger partial charge in [-0.15, -0.1) is 0 Å². The van der Waals surface area contributed by atoms with Crippen LogP contribution in [0.3, 0.4) is 0 Å². The lowest BCUT2D eigenvalue weighted by Crippen LogP contribution is -2.46. The number of alkyl halides is 3. The maximum Gasteiger partial charge on any atom is 0.408 e. The summed E-state index contributed by atoms with van der Waals surface area (Å²) >= 11 is 11.9. The Labute approximate surface area is 183 Å². The molecule has 166 valence electrons. The van der Waals surface area contributed by atoms with E-state index in [1.54, 1.807) is 5.32 Å². The number of ketones is 1. The van der Waals surface area contributed by atoms with Crippen molar-refractivity contribution in [2.75, 3.05) is 5.32 Å². The smallest absolute Gasteiger partial charge is 0.340 e. The summed E-state index contributed by atoms with van der Waals surface area (Å²) in [6.07, 6.45) is -3.83. The molecule has 2 aromatic rings. The van der Waals surface area contributed by atoms with E-state index in [-0.39, 0.29) is 33.5 Å². The largest absolute Gasteiger partial charge is 0.408 e. The third-order valence-corrected chi connectivity index (χ3v) is 5.43. The highest BCUT2D eigenvalue weighted by Crippen LogP contribution is 2.34. The fourth-order valence-electron chi connectivity index (χ4n) is 3.22. The van der Waals surface area contributed by atoms with Crippen LogP contribution in [0.1, 0.15) is 39.9 Å². The summed E-state index contributed by atoms with van der Waals surface area (Å²) in [5, 5.41) is 3.50.